The molecule has 0 spiro atoms. The van der Waals surface area contributed by atoms with Gasteiger partial charge in [-0.2, -0.15) is 0 Å². The number of carbonyl (C=O) groups is 1. The van der Waals surface area contributed by atoms with Crippen LogP contribution in [0.15, 0.2) is 0 Å². The van der Waals surface area contributed by atoms with Gasteiger partial charge in [0.05, 0.1) is 0 Å². The molecule has 0 saturated heterocycles. The van der Waals surface area contributed by atoms with Gasteiger partial charge >= 0.3 is 5.97 Å². The summed E-state index contributed by atoms with van der Waals surface area (Å²) in [7, 11) is 0. The molecule has 15 heavy (non-hydrogen) atoms. The summed E-state index contributed by atoms with van der Waals surface area (Å²) in [5.41, 5.74) is 0.626. The molecule has 1 saturated carbocycles. The van der Waals surface area contributed by atoms with Gasteiger partial charge in [0.15, 0.2) is 0 Å². The number of carboxylic acid groups (broad SMARTS) is 1. The second-order valence-electron chi connectivity index (χ2n) is 4.73. The van der Waals surface area contributed by atoms with Gasteiger partial charge in [-0.25, -0.2) is 0 Å². The van der Waals surface area contributed by atoms with E-state index in [-0.39, 0.29) is 0 Å². The van der Waals surface area contributed by atoms with E-state index in [9.17, 15) is 4.79 Å². The van der Waals surface area contributed by atoms with Crippen molar-refractivity contribution in [2.75, 3.05) is 13.1 Å². The van der Waals surface area contributed by atoms with Gasteiger partial charge < -0.3 is 10.4 Å². The van der Waals surface area contributed by atoms with Gasteiger partial charge in [-0.1, -0.05) is 13.3 Å². The van der Waals surface area contributed by atoms with E-state index >= 15 is 0 Å². The third kappa shape index (κ3) is 5.17. The maximum absolute atomic E-state index is 10.3. The smallest absolute Gasteiger partial charge is 0.303 e. The van der Waals surface area contributed by atoms with Crippen molar-refractivity contribution in [1.82, 2.24) is 5.32 Å². The Balaban J connectivity index is 1.83. The summed E-state index contributed by atoms with van der Waals surface area (Å²) in [5.74, 6) is -0.675. The molecular formula is C12H23NO2. The highest BCUT2D eigenvalue weighted by Gasteiger charge is 2.39. The van der Waals surface area contributed by atoms with Crippen molar-refractivity contribution in [2.45, 2.75) is 51.9 Å². The zero-order valence-corrected chi connectivity index (χ0v) is 9.72. The Bertz CT molecular complexity index is 200. The Morgan fingerprint density at radius 1 is 1.33 bits per heavy atom. The van der Waals surface area contributed by atoms with Gasteiger partial charge in [0.1, 0.15) is 0 Å². The predicted molar refractivity (Wildman–Crippen MR) is 60.9 cm³/mol. The average molecular weight is 213 g/mol. The molecule has 0 radical (unpaired) electrons. The zero-order valence-electron chi connectivity index (χ0n) is 9.72. The van der Waals surface area contributed by atoms with E-state index in [2.05, 4.69) is 12.2 Å². The highest BCUT2D eigenvalue weighted by atomic mass is 16.4. The van der Waals surface area contributed by atoms with E-state index in [1.807, 2.05) is 0 Å². The molecule has 0 amide bonds. The van der Waals surface area contributed by atoms with Crippen molar-refractivity contribution in [3.8, 4) is 0 Å². The molecule has 1 fully saturated rings. The minimum absolute atomic E-state index is 0.318. The van der Waals surface area contributed by atoms with Crippen LogP contribution in [-0.2, 0) is 4.79 Å². The monoisotopic (exact) mass is 213 g/mol. The molecule has 0 aliphatic heterocycles. The van der Waals surface area contributed by atoms with E-state index < -0.39 is 5.97 Å². The number of hydrogen-bond acceptors (Lipinski definition) is 2. The van der Waals surface area contributed by atoms with Gasteiger partial charge in [0.25, 0.3) is 0 Å². The molecule has 88 valence electrons. The highest BCUT2D eigenvalue weighted by Crippen LogP contribution is 2.47. The number of hydrogen-bond donors (Lipinski definition) is 2. The first-order chi connectivity index (χ1) is 7.18. The Labute approximate surface area is 92.3 Å². The third-order valence-corrected chi connectivity index (χ3v) is 3.45. The summed E-state index contributed by atoms with van der Waals surface area (Å²) in [4.78, 5) is 10.3. The van der Waals surface area contributed by atoms with Crippen molar-refractivity contribution in [2.24, 2.45) is 5.41 Å². The van der Waals surface area contributed by atoms with Crippen LogP contribution in [0.25, 0.3) is 0 Å². The van der Waals surface area contributed by atoms with Crippen molar-refractivity contribution >= 4 is 5.97 Å². The van der Waals surface area contributed by atoms with Gasteiger partial charge in [0.2, 0.25) is 0 Å². The van der Waals surface area contributed by atoms with Gasteiger partial charge in [-0.05, 0) is 44.1 Å². The second kappa shape index (κ2) is 6.11. The molecule has 2 N–H and O–H groups in total. The topological polar surface area (TPSA) is 49.3 Å². The van der Waals surface area contributed by atoms with E-state index in [1.54, 1.807) is 0 Å². The lowest BCUT2D eigenvalue weighted by atomic mass is 10.0. The fourth-order valence-corrected chi connectivity index (χ4v) is 1.89. The molecule has 1 aliphatic carbocycles. The van der Waals surface area contributed by atoms with Crippen LogP contribution in [0.3, 0.4) is 0 Å². The Morgan fingerprint density at radius 3 is 2.60 bits per heavy atom. The number of rotatable bonds is 9. The molecule has 3 heteroatoms. The van der Waals surface area contributed by atoms with Crippen LogP contribution in [0, 0.1) is 5.41 Å². The fraction of sp³-hybridized carbons (Fsp3) is 0.917. The molecule has 1 rings (SSSR count). The van der Waals surface area contributed by atoms with Crippen LogP contribution < -0.4 is 5.32 Å². The van der Waals surface area contributed by atoms with Crippen LogP contribution in [0.2, 0.25) is 0 Å². The minimum Gasteiger partial charge on any atom is -0.481 e. The van der Waals surface area contributed by atoms with E-state index in [4.69, 9.17) is 5.11 Å². The van der Waals surface area contributed by atoms with Crippen molar-refractivity contribution in [3.63, 3.8) is 0 Å². The van der Waals surface area contributed by atoms with Crippen LogP contribution in [0.1, 0.15) is 51.9 Å². The van der Waals surface area contributed by atoms with Crippen molar-refractivity contribution in [1.29, 1.82) is 0 Å². The summed E-state index contributed by atoms with van der Waals surface area (Å²) in [5, 5.41) is 11.9. The standard InChI is InChI=1S/C12H23NO2/c1-2-12(7-8-12)10-13-9-5-3-4-6-11(14)15/h13H,2-10H2,1H3,(H,14,15). The van der Waals surface area contributed by atoms with Gasteiger partial charge in [-0.3, -0.25) is 4.79 Å². The van der Waals surface area contributed by atoms with Crippen LogP contribution in [-0.4, -0.2) is 24.2 Å². The first-order valence-corrected chi connectivity index (χ1v) is 6.11. The Morgan fingerprint density at radius 2 is 2.07 bits per heavy atom. The van der Waals surface area contributed by atoms with Crippen LogP contribution in [0.4, 0.5) is 0 Å². The molecule has 0 aromatic heterocycles. The quantitative estimate of drug-likeness (QED) is 0.578. The highest BCUT2D eigenvalue weighted by molar-refractivity contribution is 5.66. The summed E-state index contributed by atoms with van der Waals surface area (Å²) < 4.78 is 0. The lowest BCUT2D eigenvalue weighted by Gasteiger charge is -2.12. The first kappa shape index (κ1) is 12.5. The normalized spacial score (nSPS) is 17.7. The molecule has 0 heterocycles. The lowest BCUT2D eigenvalue weighted by molar-refractivity contribution is -0.137. The number of aliphatic carboxylic acids is 1. The molecule has 0 bridgehead atoms. The molecule has 0 unspecified atom stereocenters. The number of unbranched alkanes of at least 4 members (excludes halogenated alkanes) is 2. The van der Waals surface area contributed by atoms with E-state index in [1.165, 1.54) is 19.3 Å². The Hall–Kier alpha value is -0.570. The minimum atomic E-state index is -0.675. The fourth-order valence-electron chi connectivity index (χ4n) is 1.89. The zero-order chi connectivity index (χ0) is 11.1. The maximum atomic E-state index is 10.3. The summed E-state index contributed by atoms with van der Waals surface area (Å²) in [6.45, 7) is 4.46. The summed E-state index contributed by atoms with van der Waals surface area (Å²) >= 11 is 0. The maximum Gasteiger partial charge on any atom is 0.303 e. The van der Waals surface area contributed by atoms with Gasteiger partial charge in [-0.15, -0.1) is 0 Å². The second-order valence-corrected chi connectivity index (χ2v) is 4.73. The summed E-state index contributed by atoms with van der Waals surface area (Å²) in [6.07, 6.45) is 7.32. The van der Waals surface area contributed by atoms with Crippen molar-refractivity contribution < 1.29 is 9.90 Å². The number of carboxylic acids is 1. The van der Waals surface area contributed by atoms with Crippen molar-refractivity contribution in [3.05, 3.63) is 0 Å². The third-order valence-electron chi connectivity index (χ3n) is 3.45. The number of nitrogens with one attached hydrogen (secondary N) is 1. The molecule has 0 aromatic rings. The van der Waals surface area contributed by atoms with E-state index in [0.717, 1.165) is 32.4 Å². The molecule has 0 aromatic carbocycles. The van der Waals surface area contributed by atoms with Gasteiger partial charge in [0, 0.05) is 13.0 Å². The first-order valence-electron chi connectivity index (χ1n) is 6.11. The van der Waals surface area contributed by atoms with E-state index in [0.29, 0.717) is 11.8 Å². The average Bonchev–Trinajstić information content (AvgIpc) is 2.97. The molecule has 0 atom stereocenters. The molecule has 3 nitrogen and oxygen atoms in total. The SMILES string of the molecule is CCC1(CNCCCCCC(=O)O)CC1. The summed E-state index contributed by atoms with van der Waals surface area (Å²) in [6, 6.07) is 0. The Kier molecular flexibility index (Phi) is 5.09. The lowest BCUT2D eigenvalue weighted by Crippen LogP contribution is -2.24. The van der Waals surface area contributed by atoms with Crippen LogP contribution >= 0.6 is 0 Å². The largest absolute Gasteiger partial charge is 0.481 e. The predicted octanol–water partition coefficient (Wildman–Crippen LogP) is 2.41. The molecular weight excluding hydrogens is 190 g/mol. The van der Waals surface area contributed by atoms with Crippen LogP contribution in [0.5, 0.6) is 0 Å². The molecule has 1 aliphatic rings.